The van der Waals surface area contributed by atoms with Gasteiger partial charge in [-0.1, -0.05) is 12.1 Å². The molecule has 1 aliphatic rings. The number of carbonyl (C=O) groups is 1. The highest BCUT2D eigenvalue weighted by atomic mass is 32.2. The lowest BCUT2D eigenvalue weighted by atomic mass is 10.1. The van der Waals surface area contributed by atoms with Gasteiger partial charge in [0.2, 0.25) is 5.91 Å². The number of nitrogens with one attached hydrogen (secondary N) is 1. The van der Waals surface area contributed by atoms with E-state index in [-0.39, 0.29) is 18.1 Å². The van der Waals surface area contributed by atoms with E-state index in [4.69, 9.17) is 4.74 Å². The van der Waals surface area contributed by atoms with Crippen LogP contribution in [-0.2, 0) is 16.1 Å². The van der Waals surface area contributed by atoms with Gasteiger partial charge < -0.3 is 15.0 Å². The molecule has 1 aliphatic heterocycles. The number of morpholine rings is 1. The van der Waals surface area contributed by atoms with E-state index in [2.05, 4.69) is 49.7 Å². The van der Waals surface area contributed by atoms with E-state index >= 15 is 0 Å². The molecule has 0 saturated carbocycles. The number of ether oxygens (including phenoxy) is 1. The Bertz CT molecular complexity index is 487. The Balaban J connectivity index is 2.00. The fourth-order valence-electron chi connectivity index (χ4n) is 2.59. The summed E-state index contributed by atoms with van der Waals surface area (Å²) < 4.78 is 5.65. The SMILES string of the molecule is CSc1cccc(CN(C(=O)C[C@H]2CNCCO2)C(C)C)c1. The Labute approximate surface area is 137 Å². The maximum Gasteiger partial charge on any atom is 0.225 e. The molecule has 1 aromatic rings. The van der Waals surface area contributed by atoms with Gasteiger partial charge >= 0.3 is 0 Å². The van der Waals surface area contributed by atoms with E-state index < -0.39 is 0 Å². The molecule has 5 heteroatoms. The Morgan fingerprint density at radius 1 is 1.50 bits per heavy atom. The number of thioether (sulfide) groups is 1. The monoisotopic (exact) mass is 322 g/mol. The molecule has 0 bridgehead atoms. The quantitative estimate of drug-likeness (QED) is 0.817. The van der Waals surface area contributed by atoms with E-state index in [1.54, 1.807) is 11.8 Å². The molecule has 0 radical (unpaired) electrons. The zero-order chi connectivity index (χ0) is 15.9. The number of amides is 1. The van der Waals surface area contributed by atoms with Crippen molar-refractivity contribution in [2.24, 2.45) is 0 Å². The molecule has 1 atom stereocenters. The minimum Gasteiger partial charge on any atom is -0.375 e. The Morgan fingerprint density at radius 2 is 2.32 bits per heavy atom. The average Bonchev–Trinajstić information content (AvgIpc) is 2.53. The molecule has 1 amide bonds. The molecular weight excluding hydrogens is 296 g/mol. The molecule has 4 nitrogen and oxygen atoms in total. The summed E-state index contributed by atoms with van der Waals surface area (Å²) in [5.74, 6) is 0.165. The van der Waals surface area contributed by atoms with Crippen LogP contribution in [0.1, 0.15) is 25.8 Å². The van der Waals surface area contributed by atoms with Gasteiger partial charge in [-0.2, -0.15) is 0 Å². The molecule has 1 saturated heterocycles. The van der Waals surface area contributed by atoms with Crippen molar-refractivity contribution in [3.8, 4) is 0 Å². The van der Waals surface area contributed by atoms with Gasteiger partial charge in [0.1, 0.15) is 0 Å². The van der Waals surface area contributed by atoms with Crippen molar-refractivity contribution in [3.63, 3.8) is 0 Å². The van der Waals surface area contributed by atoms with Gasteiger partial charge in [-0.05, 0) is 37.8 Å². The minimum absolute atomic E-state index is 0.0000293. The Morgan fingerprint density at radius 3 is 2.95 bits per heavy atom. The molecule has 2 rings (SSSR count). The standard InChI is InChI=1S/C17H26N2O2S/c1-13(2)19(12-14-5-4-6-16(9-14)22-3)17(20)10-15-11-18-7-8-21-15/h4-6,9,13,15,18H,7-8,10-12H2,1-3H3/t15-/m0/s1. The van der Waals surface area contributed by atoms with Crippen molar-refractivity contribution < 1.29 is 9.53 Å². The molecule has 0 unspecified atom stereocenters. The fraction of sp³-hybridized carbons (Fsp3) is 0.588. The normalized spacial score (nSPS) is 18.5. The van der Waals surface area contributed by atoms with Gasteiger partial charge in [0.05, 0.1) is 19.1 Å². The van der Waals surface area contributed by atoms with Crippen molar-refractivity contribution in [1.29, 1.82) is 0 Å². The summed E-state index contributed by atoms with van der Waals surface area (Å²) in [6.45, 7) is 7.12. The van der Waals surface area contributed by atoms with Gasteiger partial charge in [0, 0.05) is 30.6 Å². The molecular formula is C17H26N2O2S. The number of nitrogens with zero attached hydrogens (tertiary/aromatic N) is 1. The van der Waals surface area contributed by atoms with Crippen LogP contribution >= 0.6 is 11.8 Å². The fourth-order valence-corrected chi connectivity index (χ4v) is 3.07. The third-order valence-electron chi connectivity index (χ3n) is 3.84. The van der Waals surface area contributed by atoms with Crippen molar-refractivity contribution in [3.05, 3.63) is 29.8 Å². The van der Waals surface area contributed by atoms with Crippen LogP contribution in [0, 0.1) is 0 Å². The van der Waals surface area contributed by atoms with Gasteiger partial charge in [-0.3, -0.25) is 4.79 Å². The maximum absolute atomic E-state index is 12.6. The highest BCUT2D eigenvalue weighted by molar-refractivity contribution is 7.98. The predicted octanol–water partition coefficient (Wildman–Crippen LogP) is 2.52. The van der Waals surface area contributed by atoms with E-state index in [0.29, 0.717) is 19.6 Å². The van der Waals surface area contributed by atoms with Crippen LogP contribution in [0.3, 0.4) is 0 Å². The van der Waals surface area contributed by atoms with Gasteiger partial charge in [0.15, 0.2) is 0 Å². The minimum atomic E-state index is 0.0000293. The summed E-state index contributed by atoms with van der Waals surface area (Å²) in [4.78, 5) is 15.8. The van der Waals surface area contributed by atoms with E-state index in [1.165, 1.54) is 10.5 Å². The Kier molecular flexibility index (Phi) is 6.73. The summed E-state index contributed by atoms with van der Waals surface area (Å²) in [5, 5.41) is 3.27. The van der Waals surface area contributed by atoms with Crippen LogP contribution in [0.5, 0.6) is 0 Å². The molecule has 22 heavy (non-hydrogen) atoms. The van der Waals surface area contributed by atoms with Gasteiger partial charge in [-0.15, -0.1) is 11.8 Å². The summed E-state index contributed by atoms with van der Waals surface area (Å²) in [6.07, 6.45) is 2.52. The van der Waals surface area contributed by atoms with Gasteiger partial charge in [0.25, 0.3) is 0 Å². The van der Waals surface area contributed by atoms with Crippen molar-refractivity contribution >= 4 is 17.7 Å². The lowest BCUT2D eigenvalue weighted by molar-refractivity contribution is -0.137. The predicted molar refractivity (Wildman–Crippen MR) is 91.1 cm³/mol. The zero-order valence-corrected chi connectivity index (χ0v) is 14.5. The first-order chi connectivity index (χ1) is 10.6. The first-order valence-electron chi connectivity index (χ1n) is 7.85. The molecule has 1 N–H and O–H groups in total. The van der Waals surface area contributed by atoms with Crippen LogP contribution < -0.4 is 5.32 Å². The second-order valence-corrected chi connectivity index (χ2v) is 6.75. The highest BCUT2D eigenvalue weighted by Gasteiger charge is 2.23. The topological polar surface area (TPSA) is 41.6 Å². The van der Waals surface area contributed by atoms with Crippen molar-refractivity contribution in [2.45, 2.75) is 43.9 Å². The second kappa shape index (κ2) is 8.56. The van der Waals surface area contributed by atoms with Crippen LogP contribution in [0.4, 0.5) is 0 Å². The van der Waals surface area contributed by atoms with Crippen LogP contribution in [0.2, 0.25) is 0 Å². The smallest absolute Gasteiger partial charge is 0.225 e. The maximum atomic E-state index is 12.6. The number of hydrogen-bond acceptors (Lipinski definition) is 4. The second-order valence-electron chi connectivity index (χ2n) is 5.87. The zero-order valence-electron chi connectivity index (χ0n) is 13.7. The summed E-state index contributed by atoms with van der Waals surface area (Å²) >= 11 is 1.72. The third kappa shape index (κ3) is 5.00. The largest absolute Gasteiger partial charge is 0.375 e. The summed E-state index contributed by atoms with van der Waals surface area (Å²) in [7, 11) is 0. The summed E-state index contributed by atoms with van der Waals surface area (Å²) in [5.41, 5.74) is 1.18. The molecule has 0 aromatic heterocycles. The lowest BCUT2D eigenvalue weighted by Gasteiger charge is -2.30. The number of carbonyl (C=O) groups excluding carboxylic acids is 1. The van der Waals surface area contributed by atoms with Crippen molar-refractivity contribution in [2.75, 3.05) is 26.0 Å². The molecule has 122 valence electrons. The number of hydrogen-bond donors (Lipinski definition) is 1. The van der Waals surface area contributed by atoms with Crippen molar-refractivity contribution in [1.82, 2.24) is 10.2 Å². The molecule has 1 heterocycles. The van der Waals surface area contributed by atoms with E-state index in [1.807, 2.05) is 4.90 Å². The van der Waals surface area contributed by atoms with Crippen LogP contribution in [-0.4, -0.2) is 48.9 Å². The first-order valence-corrected chi connectivity index (χ1v) is 9.07. The molecule has 1 aromatic carbocycles. The average molecular weight is 322 g/mol. The van der Waals surface area contributed by atoms with E-state index in [0.717, 1.165) is 13.1 Å². The van der Waals surface area contributed by atoms with E-state index in [9.17, 15) is 4.79 Å². The van der Waals surface area contributed by atoms with Crippen LogP contribution in [0.15, 0.2) is 29.2 Å². The number of rotatable bonds is 6. The summed E-state index contributed by atoms with van der Waals surface area (Å²) in [6, 6.07) is 8.57. The third-order valence-corrected chi connectivity index (χ3v) is 4.56. The van der Waals surface area contributed by atoms with Gasteiger partial charge in [-0.25, -0.2) is 0 Å². The number of benzene rings is 1. The van der Waals surface area contributed by atoms with Crippen LogP contribution in [0.25, 0.3) is 0 Å². The molecule has 0 spiro atoms. The highest BCUT2D eigenvalue weighted by Crippen LogP contribution is 2.18. The Hall–Kier alpha value is -1.04. The first kappa shape index (κ1) is 17.3. The molecule has 1 fully saturated rings. The molecule has 0 aliphatic carbocycles. The lowest BCUT2D eigenvalue weighted by Crippen LogP contribution is -2.44.